The third kappa shape index (κ3) is 12.3. The van der Waals surface area contributed by atoms with Crippen molar-refractivity contribution < 1.29 is 45.9 Å². The number of benzene rings is 9. The van der Waals surface area contributed by atoms with Gasteiger partial charge in [0.1, 0.15) is 0 Å². The van der Waals surface area contributed by atoms with E-state index in [1.807, 2.05) is 85.5 Å². The van der Waals surface area contributed by atoms with Crippen LogP contribution in [0.4, 0.5) is 0 Å². The summed E-state index contributed by atoms with van der Waals surface area (Å²) in [5.74, 6) is 1.48. The van der Waals surface area contributed by atoms with Crippen LogP contribution in [0.2, 0.25) is 0 Å². The van der Waals surface area contributed by atoms with Crippen LogP contribution in [0.15, 0.2) is 255 Å². The topological polar surface area (TPSA) is 73.7 Å². The summed E-state index contributed by atoms with van der Waals surface area (Å²) in [7, 11) is 0. The van der Waals surface area contributed by atoms with E-state index in [0.29, 0.717) is 22.9 Å². The molecule has 0 saturated carbocycles. The number of aromatic nitrogens is 5. The molecule has 0 aliphatic heterocycles. The van der Waals surface area contributed by atoms with Crippen LogP contribution in [0.5, 0.6) is 11.5 Å². The predicted molar refractivity (Wildman–Crippen MR) is 325 cm³/mol. The molecule has 0 spiro atoms. The summed E-state index contributed by atoms with van der Waals surface area (Å²) >= 11 is 0. The smallest absolute Gasteiger partial charge is 0.515 e. The standard InChI is InChI=1S/C75H48N5O.Ir.Pt/c1-50-17-14-21-53(37-50)73-34-32-56(46-77-73)66-25-6-8-27-68(66)59-40-60(69-28-9-7-26-67(69)57-33-35-74(78-47-57)54-22-15-18-51(2)38-54)42-61(41-59)70-29-10-11-30-71(70)63-48-79-75(80-49-63)55-23-16-24-64(43-55)81-65-44-58(52-19-4-3-5-20-52)39-62(45-65)72-31-12-13-36-76-72;;/h3-20,24-42,44,46-49H,1-2H3;;/q-5;+3;+2. The van der Waals surface area contributed by atoms with Crippen molar-refractivity contribution >= 4 is 0 Å². The maximum absolute atomic E-state index is 6.50. The molecule has 8 heteroatoms. The van der Waals surface area contributed by atoms with Gasteiger partial charge >= 0.3 is 41.2 Å². The quantitative estimate of drug-likeness (QED) is 0.107. The number of pyridine rings is 3. The molecule has 6 nitrogen and oxygen atoms in total. The zero-order valence-corrected chi connectivity index (χ0v) is 49.7. The Balaban J connectivity index is 0.00000360. The molecule has 0 atom stereocenters. The van der Waals surface area contributed by atoms with Gasteiger partial charge in [0, 0.05) is 42.3 Å². The van der Waals surface area contributed by atoms with E-state index in [4.69, 9.17) is 24.7 Å². The minimum Gasteiger partial charge on any atom is -0.515 e. The van der Waals surface area contributed by atoms with E-state index < -0.39 is 0 Å². The Bertz CT molecular complexity index is 4180. The van der Waals surface area contributed by atoms with Gasteiger partial charge < -0.3 is 29.7 Å². The van der Waals surface area contributed by atoms with Crippen LogP contribution in [0, 0.1) is 44.2 Å². The van der Waals surface area contributed by atoms with Crippen LogP contribution in [-0.4, -0.2) is 24.9 Å². The van der Waals surface area contributed by atoms with E-state index in [2.05, 4.69) is 207 Å². The molecule has 83 heavy (non-hydrogen) atoms. The summed E-state index contributed by atoms with van der Waals surface area (Å²) in [4.78, 5) is 24.4. The molecule has 4 aromatic heterocycles. The van der Waals surface area contributed by atoms with Gasteiger partial charge in [0.05, 0.1) is 0 Å². The van der Waals surface area contributed by atoms with Crippen LogP contribution >= 0.6 is 0 Å². The van der Waals surface area contributed by atoms with E-state index in [-0.39, 0.29) is 41.2 Å². The number of nitrogens with zero attached hydrogens (tertiary/aromatic N) is 5. The van der Waals surface area contributed by atoms with Gasteiger partial charge in [0.15, 0.2) is 0 Å². The van der Waals surface area contributed by atoms with Crippen molar-refractivity contribution in [3.05, 3.63) is 297 Å². The monoisotopic (exact) mass is 1420 g/mol. The summed E-state index contributed by atoms with van der Waals surface area (Å²) < 4.78 is 6.50. The van der Waals surface area contributed by atoms with Crippen LogP contribution in [0.25, 0.3) is 123 Å². The molecule has 13 aromatic rings. The second-order valence-corrected chi connectivity index (χ2v) is 19.8. The van der Waals surface area contributed by atoms with Gasteiger partial charge in [0.25, 0.3) is 0 Å². The van der Waals surface area contributed by atoms with Crippen molar-refractivity contribution in [2.45, 2.75) is 13.8 Å². The largest absolute Gasteiger partial charge is 3.00 e. The molecule has 0 aliphatic rings. The van der Waals surface area contributed by atoms with Crippen molar-refractivity contribution in [1.29, 1.82) is 0 Å². The zero-order valence-electron chi connectivity index (χ0n) is 45.0. The minimum atomic E-state index is 0. The van der Waals surface area contributed by atoms with Gasteiger partial charge in [-0.3, -0.25) is 6.07 Å². The fourth-order valence-electron chi connectivity index (χ4n) is 10.3. The van der Waals surface area contributed by atoms with E-state index in [1.165, 1.54) is 11.1 Å². The zero-order chi connectivity index (χ0) is 54.5. The molecule has 398 valence electrons. The van der Waals surface area contributed by atoms with Crippen molar-refractivity contribution in [1.82, 2.24) is 24.9 Å². The Labute approximate surface area is 512 Å². The summed E-state index contributed by atoms with van der Waals surface area (Å²) in [5.41, 5.74) is 22.6. The molecule has 0 aliphatic carbocycles. The average molecular weight is 1420 g/mol. The summed E-state index contributed by atoms with van der Waals surface area (Å²) in [5, 5.41) is 0. The van der Waals surface area contributed by atoms with Crippen LogP contribution < -0.4 is 4.74 Å². The molecule has 0 bridgehead atoms. The summed E-state index contributed by atoms with van der Waals surface area (Å²) in [6.45, 7) is 4.18. The Morgan fingerprint density at radius 1 is 0.325 bits per heavy atom. The fourth-order valence-corrected chi connectivity index (χ4v) is 10.3. The van der Waals surface area contributed by atoms with Gasteiger partial charge in [0.2, 0.25) is 0 Å². The second kappa shape index (κ2) is 25.2. The van der Waals surface area contributed by atoms with Crippen molar-refractivity contribution in [2.24, 2.45) is 0 Å². The molecular weight excluding hydrogens is 1370 g/mol. The van der Waals surface area contributed by atoms with Gasteiger partial charge in [-0.1, -0.05) is 171 Å². The molecule has 0 radical (unpaired) electrons. The Kier molecular flexibility index (Phi) is 16.9. The van der Waals surface area contributed by atoms with Crippen molar-refractivity contribution in [3.63, 3.8) is 0 Å². The van der Waals surface area contributed by atoms with Gasteiger partial charge in [-0.15, -0.1) is 82.4 Å². The van der Waals surface area contributed by atoms with Crippen molar-refractivity contribution in [3.8, 4) is 135 Å². The first kappa shape index (κ1) is 55.6. The average Bonchev–Trinajstić information content (AvgIpc) is 3.55. The number of rotatable bonds is 13. The Morgan fingerprint density at radius 2 is 0.795 bits per heavy atom. The van der Waals surface area contributed by atoms with E-state index in [9.17, 15) is 0 Å². The molecule has 13 rings (SSSR count). The molecule has 9 aromatic carbocycles. The third-order valence-corrected chi connectivity index (χ3v) is 14.3. The Morgan fingerprint density at radius 3 is 1.29 bits per heavy atom. The molecule has 0 saturated heterocycles. The third-order valence-electron chi connectivity index (χ3n) is 14.3. The first-order valence-corrected chi connectivity index (χ1v) is 26.7. The van der Waals surface area contributed by atoms with E-state index in [0.717, 1.165) is 112 Å². The second-order valence-electron chi connectivity index (χ2n) is 19.8. The SMILES string of the molecule is Cc1cc[c-]c(-c2ccc(-c3ccccc3-c3cc(-c4ccccc4-c4ccc(-c5[c-]ccc(C)c5)nc4)cc(-c4ccccc4-c4cnc(-c5[c-]ccc(Oc6[c-]c(-c7ccccn7)cc(-c7ccccc7)c6)[c-]5)nc4)c3)cn2)c1.[Ir+3].[Pt+2]. The van der Waals surface area contributed by atoms with Gasteiger partial charge in [-0.2, -0.15) is 6.07 Å². The van der Waals surface area contributed by atoms with Crippen molar-refractivity contribution in [2.75, 3.05) is 0 Å². The first-order valence-electron chi connectivity index (χ1n) is 26.7. The number of hydrogen-bond donors (Lipinski definition) is 0. The van der Waals surface area contributed by atoms with E-state index in [1.54, 1.807) is 12.3 Å². The number of ether oxygens (including phenoxy) is 1. The maximum Gasteiger partial charge on any atom is 3.00 e. The maximum atomic E-state index is 6.50. The number of hydrogen-bond acceptors (Lipinski definition) is 6. The van der Waals surface area contributed by atoms with Gasteiger partial charge in [-0.25, -0.2) is 17.7 Å². The first-order chi connectivity index (χ1) is 39.9. The van der Waals surface area contributed by atoms with Gasteiger partial charge in [-0.05, 0) is 120 Å². The molecular formula is C75H48IrN5OPt. The predicted octanol–water partition coefficient (Wildman–Crippen LogP) is 18.4. The normalized spacial score (nSPS) is 10.8. The molecule has 4 heterocycles. The van der Waals surface area contributed by atoms with Crippen LogP contribution in [0.1, 0.15) is 11.1 Å². The van der Waals surface area contributed by atoms with Crippen LogP contribution in [0.3, 0.4) is 0 Å². The Hall–Kier alpha value is -9.35. The molecule has 0 amide bonds. The molecule has 0 fully saturated rings. The number of aryl methyl sites for hydroxylation is 2. The van der Waals surface area contributed by atoms with E-state index >= 15 is 0 Å². The molecule has 0 N–H and O–H groups in total. The molecule has 0 unspecified atom stereocenters. The fraction of sp³-hybridized carbons (Fsp3) is 0.0267. The summed E-state index contributed by atoms with van der Waals surface area (Å²) in [6, 6.07) is 93.7. The minimum absolute atomic E-state index is 0. The summed E-state index contributed by atoms with van der Waals surface area (Å²) in [6.07, 6.45) is 9.46. The van der Waals surface area contributed by atoms with Crippen LogP contribution in [-0.2, 0) is 41.2 Å².